The Morgan fingerprint density at radius 3 is 1.45 bits per heavy atom. The van der Waals surface area contributed by atoms with Gasteiger partial charge >= 0.3 is 0 Å². The van der Waals surface area contributed by atoms with E-state index in [1.54, 1.807) is 0 Å². The highest BCUT2D eigenvalue weighted by Gasteiger charge is 2.16. The van der Waals surface area contributed by atoms with Crippen LogP contribution >= 0.6 is 11.3 Å². The first-order valence-corrected chi connectivity index (χ1v) is 11.2. The number of rotatable bonds is 2. The van der Waals surface area contributed by atoms with Gasteiger partial charge in [-0.3, -0.25) is 0 Å². The Bertz CT molecular complexity index is 1040. The van der Waals surface area contributed by atoms with Crippen molar-refractivity contribution in [1.29, 1.82) is 0 Å². The van der Waals surface area contributed by atoms with Gasteiger partial charge in [0.15, 0.2) is 0 Å². The molecule has 0 aliphatic carbocycles. The van der Waals surface area contributed by atoms with E-state index in [-0.39, 0.29) is 10.8 Å². The predicted molar refractivity (Wildman–Crippen MR) is 130 cm³/mol. The van der Waals surface area contributed by atoms with Crippen LogP contribution in [0, 0.1) is 0 Å². The van der Waals surface area contributed by atoms with Crippen LogP contribution in [0.25, 0.3) is 32.3 Å². The molecule has 4 aromatic rings. The summed E-state index contributed by atoms with van der Waals surface area (Å²) >= 11 is 1.81. The second-order valence-corrected chi connectivity index (χ2v) is 11.0. The standard InChI is InChI=1S/C28H30S/c1-27(2,3)22-11-7-19(8-12-22)24-17-21-15-16-29-26(21)18-25(24)20-9-13-23(14-10-20)28(4,5)6/h7-18H,1-6H3. The van der Waals surface area contributed by atoms with Gasteiger partial charge in [-0.2, -0.15) is 0 Å². The van der Waals surface area contributed by atoms with E-state index in [0.29, 0.717) is 0 Å². The first kappa shape index (κ1) is 19.9. The Hall–Kier alpha value is -2.38. The third kappa shape index (κ3) is 4.02. The molecule has 0 radical (unpaired) electrons. The van der Waals surface area contributed by atoms with Gasteiger partial charge in [-0.05, 0) is 73.2 Å². The van der Waals surface area contributed by atoms with Crippen molar-refractivity contribution in [3.05, 3.63) is 83.2 Å². The van der Waals surface area contributed by atoms with Crippen LogP contribution in [-0.4, -0.2) is 0 Å². The molecular weight excluding hydrogens is 368 g/mol. The molecule has 1 heteroatoms. The minimum Gasteiger partial charge on any atom is -0.144 e. The van der Waals surface area contributed by atoms with Crippen molar-refractivity contribution in [2.24, 2.45) is 0 Å². The molecule has 0 amide bonds. The maximum absolute atomic E-state index is 2.36. The van der Waals surface area contributed by atoms with Crippen LogP contribution in [0.2, 0.25) is 0 Å². The van der Waals surface area contributed by atoms with Crippen molar-refractivity contribution in [3.8, 4) is 22.3 Å². The van der Waals surface area contributed by atoms with E-state index in [0.717, 1.165) is 0 Å². The molecule has 0 fully saturated rings. The molecule has 4 rings (SSSR count). The molecule has 1 heterocycles. The molecule has 29 heavy (non-hydrogen) atoms. The average molecular weight is 399 g/mol. The lowest BCUT2D eigenvalue weighted by Crippen LogP contribution is -2.10. The third-order valence-electron chi connectivity index (χ3n) is 5.72. The first-order valence-electron chi connectivity index (χ1n) is 10.4. The molecular formula is C28H30S. The number of hydrogen-bond acceptors (Lipinski definition) is 1. The average Bonchev–Trinajstić information content (AvgIpc) is 3.13. The maximum atomic E-state index is 2.36. The van der Waals surface area contributed by atoms with Crippen molar-refractivity contribution in [2.75, 3.05) is 0 Å². The number of benzene rings is 3. The molecule has 0 unspecified atom stereocenters. The summed E-state index contributed by atoms with van der Waals surface area (Å²) < 4.78 is 1.34. The first-order chi connectivity index (χ1) is 13.6. The Morgan fingerprint density at radius 1 is 0.552 bits per heavy atom. The monoisotopic (exact) mass is 398 g/mol. The van der Waals surface area contributed by atoms with E-state index in [1.807, 2.05) is 11.3 Å². The van der Waals surface area contributed by atoms with Crippen LogP contribution in [0.3, 0.4) is 0 Å². The molecule has 0 saturated carbocycles. The van der Waals surface area contributed by atoms with Gasteiger partial charge in [0, 0.05) is 4.70 Å². The zero-order chi connectivity index (χ0) is 20.8. The lowest BCUT2D eigenvalue weighted by atomic mass is 9.84. The Morgan fingerprint density at radius 2 is 1.00 bits per heavy atom. The van der Waals surface area contributed by atoms with E-state index in [1.165, 1.54) is 43.5 Å². The molecule has 3 aromatic carbocycles. The van der Waals surface area contributed by atoms with Crippen LogP contribution in [0.4, 0.5) is 0 Å². The summed E-state index contributed by atoms with van der Waals surface area (Å²) in [7, 11) is 0. The Kier molecular flexibility index (Phi) is 4.91. The van der Waals surface area contributed by atoms with Crippen molar-refractivity contribution in [1.82, 2.24) is 0 Å². The Labute approximate surface area is 179 Å². The fourth-order valence-electron chi connectivity index (χ4n) is 3.79. The normalized spacial score (nSPS) is 12.5. The quantitative estimate of drug-likeness (QED) is 0.316. The van der Waals surface area contributed by atoms with Crippen LogP contribution in [0.5, 0.6) is 0 Å². The summed E-state index contributed by atoms with van der Waals surface area (Å²) in [5, 5.41) is 3.50. The highest BCUT2D eigenvalue weighted by Crippen LogP contribution is 2.38. The molecule has 0 atom stereocenters. The lowest BCUT2D eigenvalue weighted by Gasteiger charge is -2.20. The number of thiophene rings is 1. The predicted octanol–water partition coefficient (Wildman–Crippen LogP) is 8.83. The summed E-state index contributed by atoms with van der Waals surface area (Å²) in [6, 6.07) is 25.2. The van der Waals surface area contributed by atoms with Crippen molar-refractivity contribution < 1.29 is 0 Å². The third-order valence-corrected chi connectivity index (χ3v) is 6.60. The van der Waals surface area contributed by atoms with Crippen LogP contribution < -0.4 is 0 Å². The van der Waals surface area contributed by atoms with E-state index >= 15 is 0 Å². The lowest BCUT2D eigenvalue weighted by molar-refractivity contribution is 0.590. The number of fused-ring (bicyclic) bond motifs is 1. The molecule has 1 aromatic heterocycles. The van der Waals surface area contributed by atoms with Gasteiger partial charge in [0.2, 0.25) is 0 Å². The van der Waals surface area contributed by atoms with E-state index in [9.17, 15) is 0 Å². The van der Waals surface area contributed by atoms with Gasteiger partial charge in [0.25, 0.3) is 0 Å². The summed E-state index contributed by atoms with van der Waals surface area (Å²) in [5.74, 6) is 0. The van der Waals surface area contributed by atoms with Crippen LogP contribution in [-0.2, 0) is 10.8 Å². The summed E-state index contributed by atoms with van der Waals surface area (Å²) in [6.45, 7) is 13.6. The van der Waals surface area contributed by atoms with Crippen molar-refractivity contribution >= 4 is 21.4 Å². The molecule has 0 saturated heterocycles. The van der Waals surface area contributed by atoms with Gasteiger partial charge in [0.05, 0.1) is 0 Å². The zero-order valence-electron chi connectivity index (χ0n) is 18.3. The fourth-order valence-corrected chi connectivity index (χ4v) is 4.60. The highest BCUT2D eigenvalue weighted by molar-refractivity contribution is 7.17. The van der Waals surface area contributed by atoms with E-state index in [2.05, 4.69) is 114 Å². The van der Waals surface area contributed by atoms with Gasteiger partial charge < -0.3 is 0 Å². The summed E-state index contributed by atoms with van der Waals surface area (Å²) in [5.41, 5.74) is 8.25. The molecule has 0 N–H and O–H groups in total. The van der Waals surface area contributed by atoms with Gasteiger partial charge in [-0.15, -0.1) is 11.3 Å². The molecule has 0 spiro atoms. The second-order valence-electron chi connectivity index (χ2n) is 10.0. The SMILES string of the molecule is CC(C)(C)c1ccc(-c2cc3ccsc3cc2-c2ccc(C(C)(C)C)cc2)cc1. The zero-order valence-corrected chi connectivity index (χ0v) is 19.2. The van der Waals surface area contributed by atoms with Crippen molar-refractivity contribution in [3.63, 3.8) is 0 Å². The highest BCUT2D eigenvalue weighted by atomic mass is 32.1. The number of hydrogen-bond donors (Lipinski definition) is 0. The van der Waals surface area contributed by atoms with Gasteiger partial charge in [-0.25, -0.2) is 0 Å². The molecule has 0 aliphatic rings. The smallest absolute Gasteiger partial charge is 0.0349 e. The van der Waals surface area contributed by atoms with Crippen molar-refractivity contribution in [2.45, 2.75) is 52.4 Å². The fraction of sp³-hybridized carbons (Fsp3) is 0.286. The van der Waals surface area contributed by atoms with Crippen LogP contribution in [0.1, 0.15) is 52.7 Å². The van der Waals surface area contributed by atoms with Crippen LogP contribution in [0.15, 0.2) is 72.1 Å². The Balaban J connectivity index is 1.86. The van der Waals surface area contributed by atoms with Gasteiger partial charge in [0.1, 0.15) is 0 Å². The minimum absolute atomic E-state index is 0.168. The molecule has 148 valence electrons. The molecule has 0 nitrogen and oxygen atoms in total. The van der Waals surface area contributed by atoms with E-state index < -0.39 is 0 Å². The molecule has 0 bridgehead atoms. The van der Waals surface area contributed by atoms with Gasteiger partial charge in [-0.1, -0.05) is 90.1 Å². The summed E-state index contributed by atoms with van der Waals surface area (Å²) in [6.07, 6.45) is 0. The molecule has 0 aliphatic heterocycles. The summed E-state index contributed by atoms with van der Waals surface area (Å²) in [4.78, 5) is 0. The topological polar surface area (TPSA) is 0 Å². The minimum atomic E-state index is 0.168. The second kappa shape index (κ2) is 7.15. The maximum Gasteiger partial charge on any atom is 0.0349 e. The largest absolute Gasteiger partial charge is 0.144 e. The van der Waals surface area contributed by atoms with E-state index in [4.69, 9.17) is 0 Å².